The summed E-state index contributed by atoms with van der Waals surface area (Å²) in [6.07, 6.45) is 2.35. The Morgan fingerprint density at radius 3 is 2.83 bits per heavy atom. The van der Waals surface area contributed by atoms with Crippen LogP contribution in [0.3, 0.4) is 0 Å². The second kappa shape index (κ2) is 6.44. The summed E-state index contributed by atoms with van der Waals surface area (Å²) in [5, 5.41) is 3.41. The predicted octanol–water partition coefficient (Wildman–Crippen LogP) is 2.98. The van der Waals surface area contributed by atoms with E-state index in [1.54, 1.807) is 0 Å². The molecule has 2 aliphatic rings. The van der Waals surface area contributed by atoms with Crippen molar-refractivity contribution in [3.05, 3.63) is 29.3 Å². The zero-order chi connectivity index (χ0) is 16.6. The molecule has 0 aliphatic carbocycles. The van der Waals surface area contributed by atoms with Crippen molar-refractivity contribution in [2.45, 2.75) is 39.5 Å². The van der Waals surface area contributed by atoms with E-state index in [0.717, 1.165) is 36.4 Å². The van der Waals surface area contributed by atoms with Crippen molar-refractivity contribution in [1.29, 1.82) is 0 Å². The summed E-state index contributed by atoms with van der Waals surface area (Å²) in [6, 6.07) is 5.76. The molecule has 1 aromatic carbocycles. The number of fused-ring (bicyclic) bond motifs is 1. The Bertz CT molecular complexity index is 618. The molecule has 0 bridgehead atoms. The Labute approximate surface area is 138 Å². The number of anilines is 1. The van der Waals surface area contributed by atoms with Crippen molar-refractivity contribution in [2.75, 3.05) is 24.5 Å². The lowest BCUT2D eigenvalue weighted by Gasteiger charge is -2.28. The number of carbonyl (C=O) groups is 2. The van der Waals surface area contributed by atoms with Gasteiger partial charge in [-0.1, -0.05) is 13.8 Å². The molecule has 2 atom stereocenters. The predicted molar refractivity (Wildman–Crippen MR) is 92.0 cm³/mol. The first-order valence-electron chi connectivity index (χ1n) is 8.69. The van der Waals surface area contributed by atoms with E-state index < -0.39 is 0 Å². The fourth-order valence-corrected chi connectivity index (χ4v) is 3.65. The molecule has 1 aromatic rings. The number of rotatable bonds is 4. The van der Waals surface area contributed by atoms with E-state index in [1.807, 2.05) is 43.9 Å². The third-order valence-electron chi connectivity index (χ3n) is 5.07. The molecular formula is C19H26N2O2. The summed E-state index contributed by atoms with van der Waals surface area (Å²) in [5.41, 5.74) is 2.72. The van der Waals surface area contributed by atoms with Crippen LogP contribution in [0.25, 0.3) is 0 Å². The summed E-state index contributed by atoms with van der Waals surface area (Å²) in [7, 11) is 0. The Morgan fingerprint density at radius 2 is 2.17 bits per heavy atom. The minimum atomic E-state index is -0.151. The minimum Gasteiger partial charge on any atom is -0.316 e. The topological polar surface area (TPSA) is 49.4 Å². The second-order valence-electron chi connectivity index (χ2n) is 7.18. The van der Waals surface area contributed by atoms with Crippen molar-refractivity contribution >= 4 is 17.4 Å². The Balaban J connectivity index is 1.86. The molecule has 1 saturated heterocycles. The number of Topliss-reactive ketones (excluding diaryl/α,β-unsaturated/α-hetero) is 1. The SMILES string of the molecule is CC(C)C(=O)c1ccc2c(c1)C(C)C(=O)N2CC1CCCNC1. The van der Waals surface area contributed by atoms with Crippen molar-refractivity contribution in [1.82, 2.24) is 5.32 Å². The van der Waals surface area contributed by atoms with Gasteiger partial charge in [0.1, 0.15) is 0 Å². The van der Waals surface area contributed by atoms with Crippen molar-refractivity contribution in [3.63, 3.8) is 0 Å². The van der Waals surface area contributed by atoms with Crippen LogP contribution in [0.1, 0.15) is 55.5 Å². The number of nitrogens with zero attached hydrogens (tertiary/aromatic N) is 1. The number of piperidine rings is 1. The van der Waals surface area contributed by atoms with Gasteiger partial charge >= 0.3 is 0 Å². The van der Waals surface area contributed by atoms with E-state index in [-0.39, 0.29) is 23.5 Å². The molecule has 4 nitrogen and oxygen atoms in total. The van der Waals surface area contributed by atoms with Crippen LogP contribution in [0.4, 0.5) is 5.69 Å². The number of hydrogen-bond donors (Lipinski definition) is 1. The van der Waals surface area contributed by atoms with Gasteiger partial charge in [-0.05, 0) is 62.5 Å². The molecular weight excluding hydrogens is 288 g/mol. The fraction of sp³-hybridized carbons (Fsp3) is 0.579. The maximum atomic E-state index is 12.7. The Morgan fingerprint density at radius 1 is 1.39 bits per heavy atom. The van der Waals surface area contributed by atoms with E-state index in [1.165, 1.54) is 12.8 Å². The average Bonchev–Trinajstić information content (AvgIpc) is 2.79. The van der Waals surface area contributed by atoms with Gasteiger partial charge in [0.2, 0.25) is 5.91 Å². The molecule has 3 rings (SSSR count). The minimum absolute atomic E-state index is 0.0233. The molecule has 0 radical (unpaired) electrons. The first kappa shape index (κ1) is 16.2. The largest absolute Gasteiger partial charge is 0.316 e. The highest BCUT2D eigenvalue weighted by Crippen LogP contribution is 2.38. The number of ketones is 1. The Kier molecular flexibility index (Phi) is 4.53. The van der Waals surface area contributed by atoms with Gasteiger partial charge in [0, 0.05) is 23.7 Å². The van der Waals surface area contributed by atoms with Crippen molar-refractivity contribution in [3.8, 4) is 0 Å². The quantitative estimate of drug-likeness (QED) is 0.869. The molecule has 4 heteroatoms. The summed E-state index contributed by atoms with van der Waals surface area (Å²) < 4.78 is 0. The zero-order valence-corrected chi connectivity index (χ0v) is 14.3. The third kappa shape index (κ3) is 3.05. The summed E-state index contributed by atoms with van der Waals surface area (Å²) in [5.74, 6) is 0.649. The highest BCUT2D eigenvalue weighted by atomic mass is 16.2. The molecule has 0 spiro atoms. The number of hydrogen-bond acceptors (Lipinski definition) is 3. The molecule has 124 valence electrons. The van der Waals surface area contributed by atoms with E-state index in [0.29, 0.717) is 5.92 Å². The van der Waals surface area contributed by atoms with Crippen molar-refractivity contribution in [2.24, 2.45) is 11.8 Å². The molecule has 23 heavy (non-hydrogen) atoms. The summed E-state index contributed by atoms with van der Waals surface area (Å²) in [6.45, 7) is 8.61. The molecule has 2 unspecified atom stereocenters. The van der Waals surface area contributed by atoms with E-state index >= 15 is 0 Å². The van der Waals surface area contributed by atoms with Crippen LogP contribution in [-0.2, 0) is 4.79 Å². The van der Waals surface area contributed by atoms with Gasteiger partial charge in [0.25, 0.3) is 0 Å². The van der Waals surface area contributed by atoms with Crippen LogP contribution in [0.2, 0.25) is 0 Å². The Hall–Kier alpha value is -1.68. The average molecular weight is 314 g/mol. The summed E-state index contributed by atoms with van der Waals surface area (Å²) >= 11 is 0. The van der Waals surface area contributed by atoms with Crippen LogP contribution < -0.4 is 10.2 Å². The van der Waals surface area contributed by atoms with Crippen LogP contribution in [0, 0.1) is 11.8 Å². The van der Waals surface area contributed by atoms with Crippen LogP contribution >= 0.6 is 0 Å². The molecule has 1 N–H and O–H groups in total. The van der Waals surface area contributed by atoms with E-state index in [2.05, 4.69) is 5.32 Å². The van der Waals surface area contributed by atoms with Crippen molar-refractivity contribution < 1.29 is 9.59 Å². The standard InChI is InChI=1S/C19H26N2O2/c1-12(2)18(22)15-6-7-17-16(9-15)13(3)19(23)21(17)11-14-5-4-8-20-10-14/h6-7,9,12-14,20H,4-5,8,10-11H2,1-3H3. The fourth-order valence-electron chi connectivity index (χ4n) is 3.65. The van der Waals surface area contributed by atoms with Gasteiger partial charge in [-0.3, -0.25) is 9.59 Å². The van der Waals surface area contributed by atoms with Gasteiger partial charge in [0.15, 0.2) is 5.78 Å². The molecule has 1 fully saturated rings. The van der Waals surface area contributed by atoms with E-state index in [9.17, 15) is 9.59 Å². The normalized spacial score (nSPS) is 24.2. The molecule has 0 saturated carbocycles. The van der Waals surface area contributed by atoms with Gasteiger partial charge in [-0.25, -0.2) is 0 Å². The first-order chi connectivity index (χ1) is 11.0. The molecule has 1 amide bonds. The summed E-state index contributed by atoms with van der Waals surface area (Å²) in [4.78, 5) is 26.8. The van der Waals surface area contributed by atoms with Gasteiger partial charge in [0.05, 0.1) is 5.92 Å². The number of nitrogens with one attached hydrogen (secondary N) is 1. The monoisotopic (exact) mass is 314 g/mol. The third-order valence-corrected chi connectivity index (χ3v) is 5.07. The second-order valence-corrected chi connectivity index (χ2v) is 7.18. The number of amides is 1. The number of carbonyl (C=O) groups excluding carboxylic acids is 2. The molecule has 2 aliphatic heterocycles. The van der Waals surface area contributed by atoms with Crippen LogP contribution in [0.5, 0.6) is 0 Å². The highest BCUT2D eigenvalue weighted by Gasteiger charge is 2.36. The van der Waals surface area contributed by atoms with Gasteiger partial charge < -0.3 is 10.2 Å². The lowest BCUT2D eigenvalue weighted by atomic mass is 9.95. The van der Waals surface area contributed by atoms with Crippen LogP contribution in [-0.4, -0.2) is 31.3 Å². The first-order valence-corrected chi connectivity index (χ1v) is 8.69. The maximum absolute atomic E-state index is 12.7. The molecule has 0 aromatic heterocycles. The van der Waals surface area contributed by atoms with Gasteiger partial charge in [-0.15, -0.1) is 0 Å². The van der Waals surface area contributed by atoms with Crippen LogP contribution in [0.15, 0.2) is 18.2 Å². The smallest absolute Gasteiger partial charge is 0.234 e. The highest BCUT2D eigenvalue weighted by molar-refractivity contribution is 6.06. The van der Waals surface area contributed by atoms with E-state index in [4.69, 9.17) is 0 Å². The lowest BCUT2D eigenvalue weighted by Crippen LogP contribution is -2.40. The zero-order valence-electron chi connectivity index (χ0n) is 14.3. The molecule has 2 heterocycles. The maximum Gasteiger partial charge on any atom is 0.234 e. The number of benzene rings is 1. The van der Waals surface area contributed by atoms with Gasteiger partial charge in [-0.2, -0.15) is 0 Å². The lowest BCUT2D eigenvalue weighted by molar-refractivity contribution is -0.119.